The van der Waals surface area contributed by atoms with Crippen LogP contribution < -0.4 is 11.0 Å². The predicted octanol–water partition coefficient (Wildman–Crippen LogP) is 0.958. The SMILES string of the molecule is CCCCc1nn(CC(=O)NCc2noc([C@@H]3CCCO3)n2)c(=O)n1CC. The third-order valence-electron chi connectivity index (χ3n) is 4.50. The molecule has 1 saturated heterocycles. The summed E-state index contributed by atoms with van der Waals surface area (Å²) >= 11 is 0. The number of amides is 1. The number of carbonyl (C=O) groups excluding carboxylic acids is 1. The highest BCUT2D eigenvalue weighted by Crippen LogP contribution is 2.26. The van der Waals surface area contributed by atoms with Gasteiger partial charge in [-0.2, -0.15) is 10.1 Å². The average molecular weight is 378 g/mol. The van der Waals surface area contributed by atoms with Crippen molar-refractivity contribution in [3.05, 3.63) is 28.0 Å². The fourth-order valence-corrected chi connectivity index (χ4v) is 3.04. The molecule has 3 rings (SSSR count). The van der Waals surface area contributed by atoms with E-state index in [9.17, 15) is 9.59 Å². The number of carbonyl (C=O) groups is 1. The van der Waals surface area contributed by atoms with Gasteiger partial charge in [0.25, 0.3) is 5.89 Å². The molecule has 0 aromatic carbocycles. The lowest BCUT2D eigenvalue weighted by Crippen LogP contribution is -2.33. The van der Waals surface area contributed by atoms with Gasteiger partial charge in [0.1, 0.15) is 18.5 Å². The van der Waals surface area contributed by atoms with Gasteiger partial charge in [-0.25, -0.2) is 9.48 Å². The number of hydrogen-bond acceptors (Lipinski definition) is 7. The van der Waals surface area contributed by atoms with Gasteiger partial charge in [0, 0.05) is 19.6 Å². The van der Waals surface area contributed by atoms with Crippen molar-refractivity contribution in [2.24, 2.45) is 0 Å². The van der Waals surface area contributed by atoms with Crippen molar-refractivity contribution < 1.29 is 14.1 Å². The fourth-order valence-electron chi connectivity index (χ4n) is 3.04. The molecule has 1 aliphatic heterocycles. The van der Waals surface area contributed by atoms with Crippen molar-refractivity contribution in [1.29, 1.82) is 0 Å². The minimum Gasteiger partial charge on any atom is -0.368 e. The standard InChI is InChI=1S/C17H26N6O4/c1-3-5-8-14-20-23(17(25)22(14)4-2)11-15(24)18-10-13-19-16(27-21-13)12-7-6-9-26-12/h12H,3-11H2,1-2H3,(H,18,24)/t12-/m0/s1. The molecule has 2 aromatic heterocycles. The molecule has 0 unspecified atom stereocenters. The van der Waals surface area contributed by atoms with Gasteiger partial charge in [0.15, 0.2) is 5.82 Å². The molecule has 1 amide bonds. The number of nitrogens with zero attached hydrogens (tertiary/aromatic N) is 5. The minimum absolute atomic E-state index is 0.126. The van der Waals surface area contributed by atoms with Crippen LogP contribution in [0.25, 0.3) is 0 Å². The average Bonchev–Trinajstić information content (AvgIpc) is 3.39. The third kappa shape index (κ3) is 4.62. The molecule has 3 heterocycles. The number of hydrogen-bond donors (Lipinski definition) is 1. The Bertz CT molecular complexity index is 818. The summed E-state index contributed by atoms with van der Waals surface area (Å²) in [6.45, 7) is 5.20. The zero-order chi connectivity index (χ0) is 19.2. The number of unbranched alkanes of at least 4 members (excludes halogenated alkanes) is 1. The molecular formula is C17H26N6O4. The largest absolute Gasteiger partial charge is 0.368 e. The Labute approximate surface area is 156 Å². The summed E-state index contributed by atoms with van der Waals surface area (Å²) < 4.78 is 13.5. The van der Waals surface area contributed by atoms with Crippen molar-refractivity contribution in [2.45, 2.75) is 71.7 Å². The summed E-state index contributed by atoms with van der Waals surface area (Å²) in [5.41, 5.74) is -0.265. The molecule has 0 spiro atoms. The Hall–Kier alpha value is -2.49. The molecule has 148 valence electrons. The first kappa shape index (κ1) is 19.3. The lowest BCUT2D eigenvalue weighted by atomic mass is 10.2. The summed E-state index contributed by atoms with van der Waals surface area (Å²) in [6.07, 6.45) is 4.37. The quantitative estimate of drug-likeness (QED) is 0.690. The second-order valence-corrected chi connectivity index (χ2v) is 6.53. The number of ether oxygens (including phenoxy) is 1. The van der Waals surface area contributed by atoms with E-state index in [1.165, 1.54) is 4.68 Å². The van der Waals surface area contributed by atoms with Gasteiger partial charge < -0.3 is 14.6 Å². The Morgan fingerprint density at radius 1 is 1.37 bits per heavy atom. The maximum Gasteiger partial charge on any atom is 0.346 e. The third-order valence-corrected chi connectivity index (χ3v) is 4.50. The topological polar surface area (TPSA) is 117 Å². The predicted molar refractivity (Wildman–Crippen MR) is 94.8 cm³/mol. The summed E-state index contributed by atoms with van der Waals surface area (Å²) in [5.74, 6) is 1.21. The lowest BCUT2D eigenvalue weighted by molar-refractivity contribution is -0.122. The van der Waals surface area contributed by atoms with E-state index in [0.29, 0.717) is 24.9 Å². The first-order valence-corrected chi connectivity index (χ1v) is 9.49. The second-order valence-electron chi connectivity index (χ2n) is 6.53. The van der Waals surface area contributed by atoms with E-state index in [1.54, 1.807) is 4.57 Å². The van der Waals surface area contributed by atoms with Crippen LogP contribution in [-0.2, 0) is 35.6 Å². The highest BCUT2D eigenvalue weighted by molar-refractivity contribution is 5.75. The van der Waals surface area contributed by atoms with Crippen molar-refractivity contribution in [2.75, 3.05) is 6.61 Å². The summed E-state index contributed by atoms with van der Waals surface area (Å²) in [4.78, 5) is 28.8. The zero-order valence-corrected chi connectivity index (χ0v) is 15.8. The normalized spacial score (nSPS) is 16.7. The zero-order valence-electron chi connectivity index (χ0n) is 15.8. The number of rotatable bonds is 9. The second kappa shape index (κ2) is 8.94. The molecule has 27 heavy (non-hydrogen) atoms. The van der Waals surface area contributed by atoms with Gasteiger partial charge in [-0.3, -0.25) is 9.36 Å². The van der Waals surface area contributed by atoms with Crippen LogP contribution in [0.3, 0.4) is 0 Å². The molecule has 0 aliphatic carbocycles. The first-order valence-electron chi connectivity index (χ1n) is 9.49. The van der Waals surface area contributed by atoms with Gasteiger partial charge in [-0.05, 0) is 26.2 Å². The number of aryl methyl sites for hydroxylation is 1. The molecule has 10 heteroatoms. The van der Waals surface area contributed by atoms with E-state index in [-0.39, 0.29) is 30.8 Å². The van der Waals surface area contributed by atoms with E-state index < -0.39 is 0 Å². The maximum atomic E-state index is 12.4. The molecule has 2 aromatic rings. The van der Waals surface area contributed by atoms with E-state index in [0.717, 1.165) is 37.9 Å². The highest BCUT2D eigenvalue weighted by atomic mass is 16.5. The van der Waals surface area contributed by atoms with Crippen LogP contribution in [-0.4, -0.2) is 37.0 Å². The summed E-state index contributed by atoms with van der Waals surface area (Å²) in [6, 6.07) is 0. The summed E-state index contributed by atoms with van der Waals surface area (Å²) in [7, 11) is 0. The number of aromatic nitrogens is 5. The molecule has 1 atom stereocenters. The van der Waals surface area contributed by atoms with Crippen LogP contribution in [0.15, 0.2) is 9.32 Å². The van der Waals surface area contributed by atoms with Gasteiger partial charge in [-0.1, -0.05) is 18.5 Å². The van der Waals surface area contributed by atoms with E-state index in [2.05, 4.69) is 27.5 Å². The van der Waals surface area contributed by atoms with Crippen molar-refractivity contribution in [1.82, 2.24) is 29.8 Å². The van der Waals surface area contributed by atoms with Crippen LogP contribution in [0.4, 0.5) is 0 Å². The maximum absolute atomic E-state index is 12.4. The summed E-state index contributed by atoms with van der Waals surface area (Å²) in [5, 5.41) is 10.9. The Kier molecular flexibility index (Phi) is 6.38. The Balaban J connectivity index is 1.56. The van der Waals surface area contributed by atoms with Crippen LogP contribution in [0.5, 0.6) is 0 Å². The van der Waals surface area contributed by atoms with E-state index >= 15 is 0 Å². The molecule has 0 radical (unpaired) electrons. The van der Waals surface area contributed by atoms with Gasteiger partial charge in [-0.15, -0.1) is 0 Å². The van der Waals surface area contributed by atoms with E-state index in [1.807, 2.05) is 6.92 Å². The van der Waals surface area contributed by atoms with Crippen LogP contribution >= 0.6 is 0 Å². The molecular weight excluding hydrogens is 352 g/mol. The highest BCUT2D eigenvalue weighted by Gasteiger charge is 2.24. The van der Waals surface area contributed by atoms with Gasteiger partial charge in [0.2, 0.25) is 5.91 Å². The fraction of sp³-hybridized carbons (Fsp3) is 0.706. The number of nitrogens with one attached hydrogen (secondary N) is 1. The minimum atomic E-state index is -0.330. The van der Waals surface area contributed by atoms with E-state index in [4.69, 9.17) is 9.26 Å². The molecule has 0 saturated carbocycles. The molecule has 1 N–H and O–H groups in total. The monoisotopic (exact) mass is 378 g/mol. The first-order chi connectivity index (χ1) is 13.1. The Morgan fingerprint density at radius 2 is 2.22 bits per heavy atom. The molecule has 10 nitrogen and oxygen atoms in total. The smallest absolute Gasteiger partial charge is 0.346 e. The van der Waals surface area contributed by atoms with Crippen molar-refractivity contribution in [3.8, 4) is 0 Å². The molecule has 0 bridgehead atoms. The van der Waals surface area contributed by atoms with Gasteiger partial charge in [0.05, 0.1) is 6.54 Å². The van der Waals surface area contributed by atoms with Crippen LogP contribution in [0.1, 0.15) is 63.2 Å². The van der Waals surface area contributed by atoms with Crippen LogP contribution in [0, 0.1) is 0 Å². The van der Waals surface area contributed by atoms with Gasteiger partial charge >= 0.3 is 5.69 Å². The Morgan fingerprint density at radius 3 is 2.93 bits per heavy atom. The van der Waals surface area contributed by atoms with Crippen LogP contribution in [0.2, 0.25) is 0 Å². The van der Waals surface area contributed by atoms with Crippen molar-refractivity contribution in [3.63, 3.8) is 0 Å². The molecule has 1 aliphatic rings. The van der Waals surface area contributed by atoms with Crippen molar-refractivity contribution >= 4 is 5.91 Å². The lowest BCUT2D eigenvalue weighted by Gasteiger charge is -2.02. The molecule has 1 fully saturated rings.